The van der Waals surface area contributed by atoms with Gasteiger partial charge >= 0.3 is 0 Å². The molecule has 7 nitrogen and oxygen atoms in total. The van der Waals surface area contributed by atoms with Crippen LogP contribution in [-0.2, 0) is 16.0 Å². The number of aromatic nitrogens is 2. The first kappa shape index (κ1) is 23.3. The lowest BCUT2D eigenvalue weighted by Gasteiger charge is -2.21. The second kappa shape index (κ2) is 11.8. The molecular formula is C20H28ClN5O2S. The van der Waals surface area contributed by atoms with Crippen LogP contribution in [0.5, 0.6) is 0 Å². The smallest absolute Gasteiger partial charge is 0.226 e. The number of rotatable bonds is 11. The van der Waals surface area contributed by atoms with E-state index in [4.69, 9.17) is 11.6 Å². The number of amides is 2. The van der Waals surface area contributed by atoms with Crippen molar-refractivity contribution in [3.63, 3.8) is 0 Å². The lowest BCUT2D eigenvalue weighted by atomic mass is 10.0. The van der Waals surface area contributed by atoms with Crippen LogP contribution in [0.1, 0.15) is 49.2 Å². The first-order valence-corrected chi connectivity index (χ1v) is 10.9. The van der Waals surface area contributed by atoms with E-state index in [2.05, 4.69) is 32.7 Å². The maximum absolute atomic E-state index is 12.4. The van der Waals surface area contributed by atoms with Crippen LogP contribution in [0.2, 0.25) is 5.02 Å². The molecule has 0 bridgehead atoms. The Hall–Kier alpha value is -2.03. The first-order chi connectivity index (χ1) is 13.9. The Labute approximate surface area is 180 Å². The monoisotopic (exact) mass is 437 g/mol. The summed E-state index contributed by atoms with van der Waals surface area (Å²) in [4.78, 5) is 26.6. The van der Waals surface area contributed by atoms with Crippen molar-refractivity contribution >= 4 is 39.9 Å². The zero-order valence-electron chi connectivity index (χ0n) is 17.1. The Balaban J connectivity index is 1.86. The van der Waals surface area contributed by atoms with Crippen LogP contribution in [0.25, 0.3) is 0 Å². The molecule has 158 valence electrons. The molecule has 1 aromatic carbocycles. The normalized spacial score (nSPS) is 12.0. The van der Waals surface area contributed by atoms with Crippen LogP contribution in [0.15, 0.2) is 24.3 Å². The fraction of sp³-hybridized carbons (Fsp3) is 0.500. The predicted octanol–water partition coefficient (Wildman–Crippen LogP) is 3.67. The number of hydrogen-bond donors (Lipinski definition) is 2. The molecule has 0 saturated carbocycles. The van der Waals surface area contributed by atoms with E-state index >= 15 is 0 Å². The minimum atomic E-state index is -0.240. The molecule has 29 heavy (non-hydrogen) atoms. The van der Waals surface area contributed by atoms with E-state index in [0.717, 1.165) is 36.4 Å². The van der Waals surface area contributed by atoms with E-state index in [1.54, 1.807) is 0 Å². The Kier molecular flexibility index (Phi) is 9.50. The van der Waals surface area contributed by atoms with Crippen LogP contribution in [0.4, 0.5) is 5.13 Å². The van der Waals surface area contributed by atoms with Crippen molar-refractivity contribution in [1.82, 2.24) is 20.4 Å². The molecule has 0 spiro atoms. The highest BCUT2D eigenvalue weighted by Gasteiger charge is 2.16. The van der Waals surface area contributed by atoms with Crippen molar-refractivity contribution in [3.05, 3.63) is 39.9 Å². The highest BCUT2D eigenvalue weighted by molar-refractivity contribution is 7.15. The van der Waals surface area contributed by atoms with Gasteiger partial charge in [0.15, 0.2) is 0 Å². The fourth-order valence-electron chi connectivity index (χ4n) is 2.70. The van der Waals surface area contributed by atoms with Gasteiger partial charge in [0, 0.05) is 24.3 Å². The molecule has 0 aliphatic carbocycles. The van der Waals surface area contributed by atoms with E-state index < -0.39 is 0 Å². The Morgan fingerprint density at radius 3 is 2.48 bits per heavy atom. The number of hydrogen-bond acceptors (Lipinski definition) is 6. The summed E-state index contributed by atoms with van der Waals surface area (Å²) in [6, 6.07) is 7.32. The fourth-order valence-corrected chi connectivity index (χ4v) is 3.68. The van der Waals surface area contributed by atoms with Crippen molar-refractivity contribution in [2.24, 2.45) is 0 Å². The second-order valence-corrected chi connectivity index (χ2v) is 8.56. The SMILES string of the molecule is CCCc1nnc(NC(=O)CCC(=O)NC(CCN(C)C)c2ccc(Cl)cc2)s1. The lowest BCUT2D eigenvalue weighted by Crippen LogP contribution is -2.31. The molecule has 0 aliphatic rings. The van der Waals surface area contributed by atoms with Crippen molar-refractivity contribution in [1.29, 1.82) is 0 Å². The summed E-state index contributed by atoms with van der Waals surface area (Å²) in [7, 11) is 3.98. The number of halogens is 1. The van der Waals surface area contributed by atoms with Crippen molar-refractivity contribution in [2.45, 2.75) is 45.1 Å². The number of carbonyl (C=O) groups excluding carboxylic acids is 2. The van der Waals surface area contributed by atoms with Crippen LogP contribution in [0, 0.1) is 0 Å². The third-order valence-corrected chi connectivity index (χ3v) is 5.38. The number of benzene rings is 1. The van der Waals surface area contributed by atoms with Gasteiger partial charge in [-0.3, -0.25) is 9.59 Å². The predicted molar refractivity (Wildman–Crippen MR) is 117 cm³/mol. The summed E-state index contributed by atoms with van der Waals surface area (Å²) in [5, 5.41) is 15.8. The van der Waals surface area contributed by atoms with Gasteiger partial charge in [0.05, 0.1) is 6.04 Å². The van der Waals surface area contributed by atoms with E-state index in [9.17, 15) is 9.59 Å². The number of carbonyl (C=O) groups is 2. The zero-order valence-corrected chi connectivity index (χ0v) is 18.6. The molecule has 0 fully saturated rings. The largest absolute Gasteiger partial charge is 0.349 e. The van der Waals surface area contributed by atoms with E-state index in [-0.39, 0.29) is 30.7 Å². The average molecular weight is 438 g/mol. The third kappa shape index (κ3) is 8.47. The molecular weight excluding hydrogens is 410 g/mol. The van der Waals surface area contributed by atoms with Crippen LogP contribution < -0.4 is 10.6 Å². The molecule has 0 aliphatic heterocycles. The van der Waals surface area contributed by atoms with E-state index in [0.29, 0.717) is 10.2 Å². The van der Waals surface area contributed by atoms with Gasteiger partial charge in [-0.2, -0.15) is 0 Å². The van der Waals surface area contributed by atoms with Crippen LogP contribution in [0.3, 0.4) is 0 Å². The molecule has 2 N–H and O–H groups in total. The van der Waals surface area contributed by atoms with Crippen LogP contribution in [-0.4, -0.2) is 47.6 Å². The maximum atomic E-state index is 12.4. The molecule has 1 aromatic heterocycles. The summed E-state index contributed by atoms with van der Waals surface area (Å²) in [5.41, 5.74) is 0.992. The third-order valence-electron chi connectivity index (χ3n) is 4.23. The summed E-state index contributed by atoms with van der Waals surface area (Å²) in [5.74, 6) is -0.404. The van der Waals surface area contributed by atoms with Gasteiger partial charge in [0.2, 0.25) is 16.9 Å². The van der Waals surface area contributed by atoms with Crippen molar-refractivity contribution in [2.75, 3.05) is 26.0 Å². The number of anilines is 1. The first-order valence-electron chi connectivity index (χ1n) is 9.69. The lowest BCUT2D eigenvalue weighted by molar-refractivity contribution is -0.125. The van der Waals surface area contributed by atoms with Crippen molar-refractivity contribution < 1.29 is 9.59 Å². The zero-order chi connectivity index (χ0) is 21.2. The van der Waals surface area contributed by atoms with Gasteiger partial charge in [-0.25, -0.2) is 0 Å². The van der Waals surface area contributed by atoms with Crippen LogP contribution >= 0.6 is 22.9 Å². The highest BCUT2D eigenvalue weighted by atomic mass is 35.5. The molecule has 2 aromatic rings. The molecule has 0 radical (unpaired) electrons. The summed E-state index contributed by atoms with van der Waals surface area (Å²) in [6.45, 7) is 2.89. The standard InChI is InChI=1S/C20H28ClN5O2S/c1-4-5-19-24-25-20(29-19)23-18(28)11-10-17(27)22-16(12-13-26(2)3)14-6-8-15(21)9-7-14/h6-9,16H,4-5,10-13H2,1-3H3,(H,22,27)(H,23,25,28). The molecule has 1 unspecified atom stereocenters. The summed E-state index contributed by atoms with van der Waals surface area (Å²) in [6.07, 6.45) is 2.78. The average Bonchev–Trinajstić information content (AvgIpc) is 3.11. The highest BCUT2D eigenvalue weighted by Crippen LogP contribution is 2.20. The van der Waals surface area contributed by atoms with E-state index in [1.807, 2.05) is 38.4 Å². The van der Waals surface area contributed by atoms with Crippen molar-refractivity contribution in [3.8, 4) is 0 Å². The molecule has 2 amide bonds. The van der Waals surface area contributed by atoms with E-state index in [1.165, 1.54) is 11.3 Å². The Morgan fingerprint density at radius 2 is 1.83 bits per heavy atom. The Bertz CT molecular complexity index is 794. The quantitative estimate of drug-likeness (QED) is 0.560. The van der Waals surface area contributed by atoms with Gasteiger partial charge in [0.1, 0.15) is 5.01 Å². The number of nitrogens with one attached hydrogen (secondary N) is 2. The van der Waals surface area contributed by atoms with Gasteiger partial charge < -0.3 is 15.5 Å². The summed E-state index contributed by atoms with van der Waals surface area (Å²) >= 11 is 7.34. The van der Waals surface area contributed by atoms with Gasteiger partial charge in [0.25, 0.3) is 0 Å². The number of nitrogens with zero attached hydrogens (tertiary/aromatic N) is 3. The molecule has 0 saturated heterocycles. The Morgan fingerprint density at radius 1 is 1.14 bits per heavy atom. The topological polar surface area (TPSA) is 87.2 Å². The molecule has 1 atom stereocenters. The minimum absolute atomic E-state index is 0.0928. The van der Waals surface area contributed by atoms with Gasteiger partial charge in [-0.15, -0.1) is 10.2 Å². The van der Waals surface area contributed by atoms with Gasteiger partial charge in [-0.1, -0.05) is 42.0 Å². The molecule has 9 heteroatoms. The minimum Gasteiger partial charge on any atom is -0.349 e. The molecule has 1 heterocycles. The molecule has 2 rings (SSSR count). The van der Waals surface area contributed by atoms with Gasteiger partial charge in [-0.05, 0) is 51.2 Å². The maximum Gasteiger partial charge on any atom is 0.226 e. The summed E-state index contributed by atoms with van der Waals surface area (Å²) < 4.78 is 0. The number of aryl methyl sites for hydroxylation is 1. The second-order valence-electron chi connectivity index (χ2n) is 7.06.